The van der Waals surface area contributed by atoms with Gasteiger partial charge in [0.15, 0.2) is 5.92 Å². The van der Waals surface area contributed by atoms with Gasteiger partial charge < -0.3 is 18.9 Å². The van der Waals surface area contributed by atoms with Crippen LogP contribution in [0.3, 0.4) is 0 Å². The number of hydrogen-bond acceptors (Lipinski definition) is 7. The summed E-state index contributed by atoms with van der Waals surface area (Å²) in [7, 11) is 0. The molecule has 0 bridgehead atoms. The van der Waals surface area contributed by atoms with Crippen molar-refractivity contribution in [3.63, 3.8) is 0 Å². The number of carbonyl (C=O) groups is 3. The maximum absolute atomic E-state index is 12.4. The summed E-state index contributed by atoms with van der Waals surface area (Å²) in [5.41, 5.74) is -0.652. The van der Waals surface area contributed by atoms with Crippen LogP contribution in [0.1, 0.15) is 47.5 Å². The Morgan fingerprint density at radius 3 is 2.16 bits per heavy atom. The third kappa shape index (κ3) is 6.89. The van der Waals surface area contributed by atoms with E-state index in [2.05, 4.69) is 0 Å². The maximum atomic E-state index is 12.4. The number of hydrogen-bond donors (Lipinski definition) is 0. The monoisotopic (exact) mass is 359 g/mol. The minimum atomic E-state index is -1.15. The topological polar surface area (TPSA) is 91.4 Å². The van der Waals surface area contributed by atoms with Gasteiger partial charge >= 0.3 is 18.0 Å². The van der Waals surface area contributed by atoms with Crippen LogP contribution < -0.4 is 0 Å². The van der Waals surface area contributed by atoms with Crippen LogP contribution in [0.5, 0.6) is 0 Å². The van der Waals surface area contributed by atoms with Crippen molar-refractivity contribution < 1.29 is 33.3 Å². The summed E-state index contributed by atoms with van der Waals surface area (Å²) in [6, 6.07) is 0. The van der Waals surface area contributed by atoms with Gasteiger partial charge in [-0.05, 0) is 41.0 Å². The van der Waals surface area contributed by atoms with Gasteiger partial charge in [-0.25, -0.2) is 4.79 Å². The number of rotatable bonds is 6. The number of ether oxygens (including phenoxy) is 4. The molecule has 0 spiro atoms. The lowest BCUT2D eigenvalue weighted by Gasteiger charge is -2.37. The van der Waals surface area contributed by atoms with Gasteiger partial charge in [-0.3, -0.25) is 14.5 Å². The number of amides is 1. The molecule has 8 heteroatoms. The third-order valence-corrected chi connectivity index (χ3v) is 3.41. The predicted octanol–water partition coefficient (Wildman–Crippen LogP) is 2.10. The van der Waals surface area contributed by atoms with E-state index in [4.69, 9.17) is 18.9 Å². The van der Waals surface area contributed by atoms with Gasteiger partial charge in [-0.15, -0.1) is 0 Å². The van der Waals surface area contributed by atoms with Gasteiger partial charge in [0.25, 0.3) is 0 Å². The molecule has 0 N–H and O–H groups in total. The highest BCUT2D eigenvalue weighted by atomic mass is 16.6. The molecule has 1 amide bonds. The average molecular weight is 359 g/mol. The van der Waals surface area contributed by atoms with Crippen LogP contribution in [-0.2, 0) is 28.5 Å². The zero-order chi connectivity index (χ0) is 19.0. The summed E-state index contributed by atoms with van der Waals surface area (Å²) in [5.74, 6) is -2.51. The first-order valence-electron chi connectivity index (χ1n) is 8.64. The van der Waals surface area contributed by atoms with E-state index in [1.165, 1.54) is 4.90 Å². The van der Waals surface area contributed by atoms with E-state index in [1.807, 2.05) is 0 Å². The van der Waals surface area contributed by atoms with Crippen LogP contribution in [-0.4, -0.2) is 61.1 Å². The molecule has 8 nitrogen and oxygen atoms in total. The van der Waals surface area contributed by atoms with Gasteiger partial charge in [0.2, 0.25) is 0 Å². The fraction of sp³-hybridized carbons (Fsp3) is 0.824. The summed E-state index contributed by atoms with van der Waals surface area (Å²) < 4.78 is 20.9. The van der Waals surface area contributed by atoms with E-state index in [9.17, 15) is 14.4 Å². The van der Waals surface area contributed by atoms with E-state index in [0.29, 0.717) is 19.6 Å². The minimum absolute atomic E-state index is 0.0308. The molecule has 1 unspecified atom stereocenters. The Hall–Kier alpha value is -1.83. The first-order chi connectivity index (χ1) is 11.7. The van der Waals surface area contributed by atoms with Crippen LogP contribution in [0.4, 0.5) is 4.79 Å². The van der Waals surface area contributed by atoms with Crippen molar-refractivity contribution in [2.45, 2.75) is 59.3 Å². The van der Waals surface area contributed by atoms with Crippen molar-refractivity contribution in [1.29, 1.82) is 0 Å². The lowest BCUT2D eigenvalue weighted by molar-refractivity contribution is -0.168. The van der Waals surface area contributed by atoms with Crippen LogP contribution >= 0.6 is 0 Å². The summed E-state index contributed by atoms with van der Waals surface area (Å²) in [4.78, 5) is 38.0. The molecule has 0 aromatic carbocycles. The predicted molar refractivity (Wildman–Crippen MR) is 88.7 cm³/mol. The Balaban J connectivity index is 2.88. The van der Waals surface area contributed by atoms with Crippen molar-refractivity contribution >= 4 is 18.0 Å². The summed E-state index contributed by atoms with van der Waals surface area (Å²) in [6.07, 6.45) is -0.665. The fourth-order valence-electron chi connectivity index (χ4n) is 2.39. The fourth-order valence-corrected chi connectivity index (χ4v) is 2.39. The van der Waals surface area contributed by atoms with Crippen LogP contribution in [0, 0.1) is 5.92 Å². The Morgan fingerprint density at radius 1 is 1.12 bits per heavy atom. The molecule has 0 aromatic rings. The third-order valence-electron chi connectivity index (χ3n) is 3.41. The van der Waals surface area contributed by atoms with Gasteiger partial charge in [0.05, 0.1) is 19.8 Å². The first kappa shape index (κ1) is 21.2. The number of nitrogens with zero attached hydrogens (tertiary/aromatic N) is 1. The van der Waals surface area contributed by atoms with Crippen molar-refractivity contribution in [2.24, 2.45) is 5.92 Å². The molecule has 144 valence electrons. The van der Waals surface area contributed by atoms with Crippen LogP contribution in [0.2, 0.25) is 0 Å². The molecule has 1 heterocycles. The van der Waals surface area contributed by atoms with Gasteiger partial charge in [-0.1, -0.05) is 0 Å². The molecule has 1 aliphatic rings. The Labute approximate surface area is 148 Å². The first-order valence-corrected chi connectivity index (χ1v) is 8.64. The number of carbonyl (C=O) groups excluding carboxylic acids is 3. The smallest absolute Gasteiger partial charge is 0.412 e. The molecule has 1 fully saturated rings. The van der Waals surface area contributed by atoms with Crippen LogP contribution in [0.15, 0.2) is 0 Å². The largest absolute Gasteiger partial charge is 0.465 e. The normalized spacial score (nSPS) is 18.0. The van der Waals surface area contributed by atoms with E-state index in [0.717, 1.165) is 0 Å². The zero-order valence-corrected chi connectivity index (χ0v) is 15.7. The molecular formula is C17H29NO7. The molecule has 25 heavy (non-hydrogen) atoms. The molecule has 0 radical (unpaired) electrons. The quantitative estimate of drug-likeness (QED) is 0.407. The van der Waals surface area contributed by atoms with Crippen molar-refractivity contribution in [3.8, 4) is 0 Å². The second-order valence-electron chi connectivity index (χ2n) is 6.65. The van der Waals surface area contributed by atoms with Gasteiger partial charge in [0, 0.05) is 13.0 Å². The maximum Gasteiger partial charge on any atom is 0.412 e. The molecule has 0 aliphatic carbocycles. The second-order valence-corrected chi connectivity index (χ2v) is 6.65. The summed E-state index contributed by atoms with van der Waals surface area (Å²) in [6.45, 7) is 9.78. The van der Waals surface area contributed by atoms with E-state index >= 15 is 0 Å². The van der Waals surface area contributed by atoms with Crippen molar-refractivity contribution in [2.75, 3.05) is 26.4 Å². The lowest BCUT2D eigenvalue weighted by atomic mass is 10.0. The molecule has 1 rings (SSSR count). The Morgan fingerprint density at radius 2 is 1.68 bits per heavy atom. The standard InChI is InChI=1S/C17H29NO7/c1-6-22-14(19)12(15(20)23-7-2)11-13-18(9-8-10-24-13)16(21)25-17(3,4)5/h12-13H,6-11H2,1-5H3. The molecule has 1 atom stereocenters. The SMILES string of the molecule is CCOC(=O)C(CC1OCCCN1C(=O)OC(C)(C)C)C(=O)OCC. The van der Waals surface area contributed by atoms with Crippen LogP contribution in [0.25, 0.3) is 0 Å². The second kappa shape index (κ2) is 9.60. The Kier molecular flexibility index (Phi) is 8.15. The van der Waals surface area contributed by atoms with E-state index < -0.39 is 35.8 Å². The van der Waals surface area contributed by atoms with Gasteiger partial charge in [-0.2, -0.15) is 0 Å². The van der Waals surface area contributed by atoms with Gasteiger partial charge in [0.1, 0.15) is 11.8 Å². The highest BCUT2D eigenvalue weighted by Gasteiger charge is 2.38. The van der Waals surface area contributed by atoms with Crippen molar-refractivity contribution in [3.05, 3.63) is 0 Å². The summed E-state index contributed by atoms with van der Waals surface area (Å²) in [5, 5.41) is 0. The molecule has 1 saturated heterocycles. The molecule has 0 aromatic heterocycles. The molecule has 0 saturated carbocycles. The highest BCUT2D eigenvalue weighted by molar-refractivity contribution is 5.95. The van der Waals surface area contributed by atoms with Crippen molar-refractivity contribution in [1.82, 2.24) is 4.90 Å². The molecular weight excluding hydrogens is 330 g/mol. The highest BCUT2D eigenvalue weighted by Crippen LogP contribution is 2.23. The minimum Gasteiger partial charge on any atom is -0.465 e. The Bertz CT molecular complexity index is 454. The number of esters is 2. The molecule has 1 aliphatic heterocycles. The van der Waals surface area contributed by atoms with E-state index in [-0.39, 0.29) is 19.6 Å². The summed E-state index contributed by atoms with van der Waals surface area (Å²) >= 11 is 0. The van der Waals surface area contributed by atoms with E-state index in [1.54, 1.807) is 34.6 Å². The zero-order valence-electron chi connectivity index (χ0n) is 15.7. The average Bonchev–Trinajstić information content (AvgIpc) is 2.51. The lowest BCUT2D eigenvalue weighted by Crippen LogP contribution is -2.50.